The number of aryl methyl sites for hydroxylation is 1. The summed E-state index contributed by atoms with van der Waals surface area (Å²) in [4.78, 5) is 14.0. The Balaban J connectivity index is 2.05. The minimum atomic E-state index is -0.462. The second-order valence-corrected chi connectivity index (χ2v) is 7.14. The number of nitrogens with zero attached hydrogens (tertiary/aromatic N) is 3. The van der Waals surface area contributed by atoms with E-state index < -0.39 is 5.60 Å². The minimum absolute atomic E-state index is 0.238. The van der Waals surface area contributed by atoms with Crippen molar-refractivity contribution in [3.05, 3.63) is 17.3 Å². The first kappa shape index (κ1) is 16.5. The van der Waals surface area contributed by atoms with Crippen molar-refractivity contribution in [2.75, 3.05) is 18.8 Å². The Kier molecular flexibility index (Phi) is 4.58. The molecular formula is C16H26N4O2. The molecule has 2 heterocycles. The lowest BCUT2D eigenvalue weighted by molar-refractivity contribution is 0.0153. The number of ether oxygens (including phenoxy) is 1. The summed E-state index contributed by atoms with van der Waals surface area (Å²) >= 11 is 0. The largest absolute Gasteiger partial charge is 0.444 e. The van der Waals surface area contributed by atoms with Crippen molar-refractivity contribution < 1.29 is 9.53 Å². The molecule has 1 saturated heterocycles. The van der Waals surface area contributed by atoms with Crippen molar-refractivity contribution in [1.29, 1.82) is 0 Å². The first-order chi connectivity index (χ1) is 10.2. The van der Waals surface area contributed by atoms with Crippen LogP contribution in [0.5, 0.6) is 0 Å². The highest BCUT2D eigenvalue weighted by Gasteiger charge is 2.33. The summed E-state index contributed by atoms with van der Waals surface area (Å²) < 4.78 is 5.45. The summed E-state index contributed by atoms with van der Waals surface area (Å²) in [5.74, 6) is 1.05. The molecule has 122 valence electrons. The molecule has 1 aromatic rings. The Morgan fingerprint density at radius 1 is 1.41 bits per heavy atom. The van der Waals surface area contributed by atoms with Crippen LogP contribution in [0.1, 0.15) is 51.3 Å². The van der Waals surface area contributed by atoms with Gasteiger partial charge in [0.25, 0.3) is 0 Å². The predicted molar refractivity (Wildman–Crippen MR) is 85.5 cm³/mol. The molecule has 1 aliphatic heterocycles. The average molecular weight is 306 g/mol. The summed E-state index contributed by atoms with van der Waals surface area (Å²) in [5.41, 5.74) is 7.26. The van der Waals surface area contributed by atoms with E-state index >= 15 is 0 Å². The number of nitrogens with two attached hydrogens (primary N) is 1. The third kappa shape index (κ3) is 3.87. The van der Waals surface area contributed by atoms with E-state index in [2.05, 4.69) is 17.1 Å². The molecule has 6 heteroatoms. The normalized spacial score (nSPS) is 22.5. The Hall–Kier alpha value is -1.85. The van der Waals surface area contributed by atoms with Gasteiger partial charge < -0.3 is 15.4 Å². The van der Waals surface area contributed by atoms with Gasteiger partial charge in [-0.15, -0.1) is 5.10 Å². The molecule has 6 nitrogen and oxygen atoms in total. The van der Waals surface area contributed by atoms with Gasteiger partial charge in [0.05, 0.1) is 5.69 Å². The van der Waals surface area contributed by atoms with Gasteiger partial charge >= 0.3 is 6.09 Å². The molecule has 0 bridgehead atoms. The van der Waals surface area contributed by atoms with Crippen molar-refractivity contribution in [3.63, 3.8) is 0 Å². The Morgan fingerprint density at radius 2 is 2.09 bits per heavy atom. The Bertz CT molecular complexity index is 554. The Labute approximate surface area is 132 Å². The lowest BCUT2D eigenvalue weighted by Crippen LogP contribution is -2.44. The average Bonchev–Trinajstić information content (AvgIpc) is 2.37. The maximum Gasteiger partial charge on any atom is 0.410 e. The molecule has 2 atom stereocenters. The van der Waals surface area contributed by atoms with E-state index in [9.17, 15) is 4.79 Å². The monoisotopic (exact) mass is 306 g/mol. The first-order valence-corrected chi connectivity index (χ1v) is 7.75. The molecule has 2 unspecified atom stereocenters. The fraction of sp³-hybridized carbons (Fsp3) is 0.688. The maximum atomic E-state index is 12.2. The molecule has 0 radical (unpaired) electrons. The zero-order valence-corrected chi connectivity index (χ0v) is 14.1. The molecular weight excluding hydrogens is 280 g/mol. The van der Waals surface area contributed by atoms with Gasteiger partial charge in [0.15, 0.2) is 0 Å². The number of piperidine rings is 1. The highest BCUT2D eigenvalue weighted by atomic mass is 16.6. The van der Waals surface area contributed by atoms with Crippen LogP contribution < -0.4 is 5.73 Å². The molecule has 1 aromatic heterocycles. The van der Waals surface area contributed by atoms with Crippen LogP contribution in [0.4, 0.5) is 10.6 Å². The van der Waals surface area contributed by atoms with Crippen LogP contribution in [0.2, 0.25) is 0 Å². The minimum Gasteiger partial charge on any atom is -0.444 e. The van der Waals surface area contributed by atoms with Gasteiger partial charge in [0.1, 0.15) is 11.4 Å². The summed E-state index contributed by atoms with van der Waals surface area (Å²) in [6.07, 6.45) is 0.623. The van der Waals surface area contributed by atoms with Gasteiger partial charge in [-0.25, -0.2) is 4.79 Å². The zero-order valence-electron chi connectivity index (χ0n) is 14.1. The molecule has 1 aliphatic rings. The standard InChI is InChI=1S/C16H26N4O2/c1-10-8-13(17)18-19-14(10)12-6-7-20(9-11(12)2)15(21)22-16(3,4)5/h8,11-12H,6-7,9H2,1-5H3,(H2,17,18). The SMILES string of the molecule is Cc1cc(N)nnc1C1CCN(C(=O)OC(C)(C)C)CC1C. The summed E-state index contributed by atoms with van der Waals surface area (Å²) in [7, 11) is 0. The lowest BCUT2D eigenvalue weighted by atomic mass is 9.83. The van der Waals surface area contributed by atoms with E-state index in [4.69, 9.17) is 10.5 Å². The van der Waals surface area contributed by atoms with E-state index in [-0.39, 0.29) is 6.09 Å². The van der Waals surface area contributed by atoms with Crippen LogP contribution in [0, 0.1) is 12.8 Å². The van der Waals surface area contributed by atoms with Gasteiger partial charge in [-0.3, -0.25) is 0 Å². The molecule has 0 saturated carbocycles. The smallest absolute Gasteiger partial charge is 0.410 e. The van der Waals surface area contributed by atoms with Crippen molar-refractivity contribution >= 4 is 11.9 Å². The van der Waals surface area contributed by atoms with Crippen molar-refractivity contribution in [3.8, 4) is 0 Å². The van der Waals surface area contributed by atoms with E-state index in [1.807, 2.05) is 33.8 Å². The maximum absolute atomic E-state index is 12.2. The van der Waals surface area contributed by atoms with Crippen LogP contribution in [0.3, 0.4) is 0 Å². The molecule has 22 heavy (non-hydrogen) atoms. The van der Waals surface area contributed by atoms with Gasteiger partial charge in [0, 0.05) is 19.0 Å². The number of aromatic nitrogens is 2. The van der Waals surface area contributed by atoms with Crippen molar-refractivity contribution in [2.24, 2.45) is 5.92 Å². The topological polar surface area (TPSA) is 81.3 Å². The van der Waals surface area contributed by atoms with Gasteiger partial charge in [-0.2, -0.15) is 5.10 Å². The van der Waals surface area contributed by atoms with Crippen molar-refractivity contribution in [2.45, 2.75) is 52.6 Å². The van der Waals surface area contributed by atoms with Gasteiger partial charge in [0.2, 0.25) is 0 Å². The van der Waals surface area contributed by atoms with Crippen LogP contribution in [0.15, 0.2) is 6.07 Å². The third-order valence-corrected chi connectivity index (χ3v) is 3.95. The van der Waals surface area contributed by atoms with Crippen LogP contribution in [-0.2, 0) is 4.74 Å². The second-order valence-electron chi connectivity index (χ2n) is 7.14. The molecule has 2 rings (SSSR count). The number of rotatable bonds is 1. The summed E-state index contributed by atoms with van der Waals surface area (Å²) in [6.45, 7) is 11.1. The van der Waals surface area contributed by atoms with Crippen LogP contribution >= 0.6 is 0 Å². The molecule has 0 aliphatic carbocycles. The lowest BCUT2D eigenvalue weighted by Gasteiger charge is -2.37. The van der Waals surface area contributed by atoms with E-state index in [0.717, 1.165) is 17.7 Å². The Morgan fingerprint density at radius 3 is 2.64 bits per heavy atom. The van der Waals surface area contributed by atoms with E-state index in [1.54, 1.807) is 4.90 Å². The van der Waals surface area contributed by atoms with E-state index in [0.29, 0.717) is 30.7 Å². The number of hydrogen-bond acceptors (Lipinski definition) is 5. The second kappa shape index (κ2) is 6.10. The number of hydrogen-bond donors (Lipinski definition) is 1. The molecule has 1 fully saturated rings. The first-order valence-electron chi connectivity index (χ1n) is 7.75. The van der Waals surface area contributed by atoms with Crippen molar-refractivity contribution in [1.82, 2.24) is 15.1 Å². The number of amides is 1. The molecule has 2 N–H and O–H groups in total. The highest BCUT2D eigenvalue weighted by Crippen LogP contribution is 2.33. The van der Waals surface area contributed by atoms with Gasteiger partial charge in [-0.05, 0) is 51.7 Å². The zero-order chi connectivity index (χ0) is 16.5. The fourth-order valence-corrected chi connectivity index (χ4v) is 2.93. The van der Waals surface area contributed by atoms with Crippen LogP contribution in [0.25, 0.3) is 0 Å². The van der Waals surface area contributed by atoms with Gasteiger partial charge in [-0.1, -0.05) is 6.92 Å². The molecule has 0 aromatic carbocycles. The van der Waals surface area contributed by atoms with Crippen LogP contribution in [-0.4, -0.2) is 39.9 Å². The number of nitrogen functional groups attached to an aromatic ring is 1. The quantitative estimate of drug-likeness (QED) is 0.862. The number of likely N-dealkylation sites (tertiary alicyclic amines) is 1. The number of carbonyl (C=O) groups excluding carboxylic acids is 1. The number of carbonyl (C=O) groups is 1. The molecule has 1 amide bonds. The highest BCUT2D eigenvalue weighted by molar-refractivity contribution is 5.68. The summed E-state index contributed by atoms with van der Waals surface area (Å²) in [5, 5.41) is 8.25. The fourth-order valence-electron chi connectivity index (χ4n) is 2.93. The predicted octanol–water partition coefficient (Wildman–Crippen LogP) is 2.73. The van der Waals surface area contributed by atoms with E-state index in [1.165, 1.54) is 0 Å². The third-order valence-electron chi connectivity index (χ3n) is 3.95. The summed E-state index contributed by atoms with van der Waals surface area (Å²) in [6, 6.07) is 1.86. The number of anilines is 1. The molecule has 0 spiro atoms.